The Hall–Kier alpha value is 0.160. The molecule has 2 saturated heterocycles. The predicted octanol–water partition coefficient (Wildman–Crippen LogP) is -3.43. The summed E-state index contributed by atoms with van der Waals surface area (Å²) in [6, 6.07) is -0.934. The van der Waals surface area contributed by atoms with Gasteiger partial charge in [0, 0.05) is 6.54 Å². The summed E-state index contributed by atoms with van der Waals surface area (Å²) in [6.45, 7) is 4.74. The molecule has 2 aliphatic heterocycles. The van der Waals surface area contributed by atoms with Gasteiger partial charge in [-0.25, -0.2) is 0 Å². The molecule has 11 heteroatoms. The van der Waals surface area contributed by atoms with Crippen LogP contribution in [0, 0.1) is 5.92 Å². The molecule has 0 bridgehead atoms. The number of ether oxygens (including phenoxy) is 1. The molecule has 1 amide bonds. The number of aliphatic hydroxyl groups is 3. The summed E-state index contributed by atoms with van der Waals surface area (Å²) in [5, 5.41) is 33.0. The average Bonchev–Trinajstić information content (AvgIpc) is 2.99. The van der Waals surface area contributed by atoms with E-state index in [-0.39, 0.29) is 29.8 Å². The van der Waals surface area contributed by atoms with Gasteiger partial charge in [-0.2, -0.15) is 0 Å². The van der Waals surface area contributed by atoms with Gasteiger partial charge in [-0.15, -0.1) is 23.4 Å². The molecule has 6 N–H and O–H groups in total. The van der Waals surface area contributed by atoms with E-state index in [2.05, 4.69) is 12.2 Å². The van der Waals surface area contributed by atoms with Crippen molar-refractivity contribution >= 4 is 29.3 Å². The number of likely N-dealkylation sites (N-methyl/N-ethyl adjacent to an activating group) is 1. The molecule has 0 aromatic heterocycles. The summed E-state index contributed by atoms with van der Waals surface area (Å²) < 4.78 is 5.79. The van der Waals surface area contributed by atoms with Crippen molar-refractivity contribution in [2.75, 3.05) is 19.8 Å². The van der Waals surface area contributed by atoms with Crippen molar-refractivity contribution in [1.82, 2.24) is 10.2 Å². The van der Waals surface area contributed by atoms with Gasteiger partial charge in [0.25, 0.3) is 0 Å². The van der Waals surface area contributed by atoms with Crippen molar-refractivity contribution in [3.63, 3.8) is 0 Å². The van der Waals surface area contributed by atoms with Crippen LogP contribution in [0.3, 0.4) is 0 Å². The molecule has 8 nitrogen and oxygen atoms in total. The van der Waals surface area contributed by atoms with E-state index in [0.29, 0.717) is 5.92 Å². The van der Waals surface area contributed by atoms with Crippen molar-refractivity contribution in [3.05, 3.63) is 0 Å². The second-order valence-corrected chi connectivity index (χ2v) is 9.36. The zero-order chi connectivity index (χ0) is 20.3. The summed E-state index contributed by atoms with van der Waals surface area (Å²) in [6.07, 6.45) is -0.0980. The number of rotatable bonds is 7. The smallest absolute Gasteiger partial charge is 0.237 e. The molecule has 0 aromatic rings. The Morgan fingerprint density at radius 3 is 2.45 bits per heavy atom. The average molecular weight is 478 g/mol. The minimum absolute atomic E-state index is 0. The first-order valence-electron chi connectivity index (χ1n) is 9.58. The monoisotopic (exact) mass is 477 g/mol. The van der Waals surface area contributed by atoms with Crippen molar-refractivity contribution in [1.29, 1.82) is 0 Å². The lowest BCUT2D eigenvalue weighted by atomic mass is 9.92. The van der Waals surface area contributed by atoms with Crippen LogP contribution in [-0.4, -0.2) is 98.8 Å². The first kappa shape index (κ1) is 29.2. The van der Waals surface area contributed by atoms with Crippen LogP contribution < -0.4 is 17.7 Å². The second kappa shape index (κ2) is 12.9. The maximum absolute atomic E-state index is 12.9. The highest BCUT2D eigenvalue weighted by Crippen LogP contribution is 2.31. The molecule has 9 atom stereocenters. The standard InChI is InChI=1S/C18H33ClN2O5S.ClH.H2O/c1-5-6-10-7-11(21(3)8-10)17(25)20-12(9(2)19)16-14(23)13(22)15(24)18(26-16)27-4;;/h9-16,18,22-24H,5-8H2,1-4H3,(H,20,25);1H;1H2/p-1/t9?,10-,11+,12?,13+,14-,15-,16-,18-;;/m1../s1. The van der Waals surface area contributed by atoms with Gasteiger partial charge in [0.05, 0.1) is 17.5 Å². The number of halogens is 2. The minimum Gasteiger partial charge on any atom is -1.00 e. The highest BCUT2D eigenvalue weighted by atomic mass is 35.5. The van der Waals surface area contributed by atoms with E-state index in [1.165, 1.54) is 11.8 Å². The fourth-order valence-corrected chi connectivity index (χ4v) is 5.00. The minimum atomic E-state index is -1.36. The summed E-state index contributed by atoms with van der Waals surface area (Å²) >= 11 is 7.55. The van der Waals surface area contributed by atoms with Crippen molar-refractivity contribution in [3.8, 4) is 0 Å². The van der Waals surface area contributed by atoms with Crippen LogP contribution in [-0.2, 0) is 9.53 Å². The molecular weight excluding hydrogens is 443 g/mol. The van der Waals surface area contributed by atoms with E-state index >= 15 is 0 Å². The molecule has 2 aliphatic rings. The molecule has 2 fully saturated rings. The van der Waals surface area contributed by atoms with Crippen LogP contribution in [0.15, 0.2) is 0 Å². The number of likely N-dealkylation sites (tertiary alicyclic amines) is 1. The lowest BCUT2D eigenvalue weighted by Gasteiger charge is -2.44. The number of hydrogen-bond donors (Lipinski definition) is 4. The highest BCUT2D eigenvalue weighted by molar-refractivity contribution is 7.99. The number of hydrogen-bond acceptors (Lipinski definition) is 7. The Morgan fingerprint density at radius 2 is 1.93 bits per heavy atom. The largest absolute Gasteiger partial charge is 1.00 e. The van der Waals surface area contributed by atoms with Crippen LogP contribution in [0.25, 0.3) is 0 Å². The van der Waals surface area contributed by atoms with Crippen LogP contribution in [0.5, 0.6) is 0 Å². The first-order valence-corrected chi connectivity index (χ1v) is 11.3. The maximum Gasteiger partial charge on any atom is 0.237 e. The van der Waals surface area contributed by atoms with Gasteiger partial charge in [-0.3, -0.25) is 9.69 Å². The lowest BCUT2D eigenvalue weighted by Crippen LogP contribution is -3.00. The van der Waals surface area contributed by atoms with Gasteiger partial charge < -0.3 is 43.3 Å². The SMILES string of the molecule is CCC[C@@H]1C[C@@H](C(=O)NC(C(C)Cl)[C@H]2O[C@H](SC)[C@H](O)[C@@H](O)[C@H]2O)N(C)C1.O.[Cl-]. The number of aliphatic hydroxyl groups excluding tert-OH is 3. The van der Waals surface area contributed by atoms with Gasteiger partial charge in [-0.1, -0.05) is 13.3 Å². The van der Waals surface area contributed by atoms with Gasteiger partial charge in [0.1, 0.15) is 29.9 Å². The Bertz CT molecular complexity index is 505. The Labute approximate surface area is 188 Å². The zero-order valence-corrected chi connectivity index (χ0v) is 19.6. The van der Waals surface area contributed by atoms with E-state index in [1.54, 1.807) is 13.2 Å². The third-order valence-electron chi connectivity index (χ3n) is 5.63. The molecule has 29 heavy (non-hydrogen) atoms. The molecule has 0 aromatic carbocycles. The Balaban J connectivity index is 0.00000392. The quantitative estimate of drug-likeness (QED) is 0.280. The van der Waals surface area contributed by atoms with Crippen LogP contribution >= 0.6 is 23.4 Å². The summed E-state index contributed by atoms with van der Waals surface area (Å²) in [5.74, 6) is 0.350. The summed E-state index contributed by atoms with van der Waals surface area (Å²) in [4.78, 5) is 14.9. The first-order chi connectivity index (χ1) is 12.7. The number of carbonyl (C=O) groups excluding carboxylic acids is 1. The maximum atomic E-state index is 12.9. The summed E-state index contributed by atoms with van der Waals surface area (Å²) in [7, 11) is 1.94. The molecular formula is C18H35Cl2N2O6S-. The molecule has 0 saturated carbocycles. The fourth-order valence-electron chi connectivity index (χ4n) is 4.11. The zero-order valence-electron chi connectivity index (χ0n) is 17.3. The summed E-state index contributed by atoms with van der Waals surface area (Å²) in [5.41, 5.74) is -0.702. The Morgan fingerprint density at radius 1 is 1.31 bits per heavy atom. The second-order valence-electron chi connectivity index (χ2n) is 7.73. The number of nitrogens with one attached hydrogen (secondary N) is 1. The van der Waals surface area contributed by atoms with Gasteiger partial charge in [0.2, 0.25) is 5.91 Å². The molecule has 174 valence electrons. The van der Waals surface area contributed by atoms with Gasteiger partial charge in [0.15, 0.2) is 0 Å². The topological polar surface area (TPSA) is 134 Å². The van der Waals surface area contributed by atoms with Gasteiger partial charge in [-0.05, 0) is 39.0 Å². The molecule has 0 radical (unpaired) electrons. The van der Waals surface area contributed by atoms with Gasteiger partial charge >= 0.3 is 0 Å². The number of carbonyl (C=O) groups is 1. The third kappa shape index (κ3) is 6.82. The highest BCUT2D eigenvalue weighted by Gasteiger charge is 2.48. The van der Waals surface area contributed by atoms with E-state index < -0.39 is 41.3 Å². The number of thioether (sulfide) groups is 1. The number of amides is 1. The van der Waals surface area contributed by atoms with E-state index in [4.69, 9.17) is 16.3 Å². The van der Waals surface area contributed by atoms with Crippen LogP contribution in [0.2, 0.25) is 0 Å². The normalized spacial score (nSPS) is 37.2. The third-order valence-corrected chi connectivity index (χ3v) is 6.76. The molecule has 2 unspecified atom stereocenters. The van der Waals surface area contributed by atoms with Crippen LogP contribution in [0.1, 0.15) is 33.1 Å². The molecule has 0 spiro atoms. The van der Waals surface area contributed by atoms with E-state index in [9.17, 15) is 20.1 Å². The molecule has 0 aliphatic carbocycles. The van der Waals surface area contributed by atoms with Crippen molar-refractivity contribution in [2.45, 2.75) is 80.4 Å². The number of nitrogens with zero attached hydrogens (tertiary/aromatic N) is 1. The fraction of sp³-hybridized carbons (Fsp3) is 0.944. The van der Waals surface area contributed by atoms with Crippen molar-refractivity contribution in [2.24, 2.45) is 5.92 Å². The lowest BCUT2D eigenvalue weighted by molar-refractivity contribution is -0.205. The van der Waals surface area contributed by atoms with E-state index in [0.717, 1.165) is 25.8 Å². The predicted molar refractivity (Wildman–Crippen MR) is 110 cm³/mol. The molecule has 2 heterocycles. The van der Waals surface area contributed by atoms with Crippen LogP contribution in [0.4, 0.5) is 0 Å². The van der Waals surface area contributed by atoms with Crippen molar-refractivity contribution < 1.29 is 42.7 Å². The number of alkyl halides is 1. The molecule has 2 rings (SSSR count). The Kier molecular flexibility index (Phi) is 13.0. The van der Waals surface area contributed by atoms with E-state index in [1.807, 2.05) is 11.9 Å².